The van der Waals surface area contributed by atoms with Gasteiger partial charge in [0.15, 0.2) is 0 Å². The largest absolute Gasteiger partial charge is 0.491 e. The number of hydrogen-bond donors (Lipinski definition) is 1. The van der Waals surface area contributed by atoms with Gasteiger partial charge < -0.3 is 10.1 Å². The van der Waals surface area contributed by atoms with E-state index in [2.05, 4.69) is 5.32 Å². The summed E-state index contributed by atoms with van der Waals surface area (Å²) in [6, 6.07) is 18.7. The first-order valence-electron chi connectivity index (χ1n) is 8.24. The number of nitrogens with one attached hydrogen (secondary N) is 1. The highest BCUT2D eigenvalue weighted by atomic mass is 16.5. The van der Waals surface area contributed by atoms with Crippen molar-refractivity contribution in [1.29, 1.82) is 5.26 Å². The van der Waals surface area contributed by atoms with Crippen LogP contribution in [0.25, 0.3) is 6.08 Å². The number of carbonyl (C=O) groups excluding carboxylic acids is 1. The first kappa shape index (κ1) is 18.3. The zero-order valence-corrected chi connectivity index (χ0v) is 14.7. The van der Waals surface area contributed by atoms with Crippen LogP contribution in [0, 0.1) is 11.3 Å². The van der Waals surface area contributed by atoms with E-state index in [0.29, 0.717) is 0 Å². The number of nitrogens with zero attached hydrogens (tertiary/aromatic N) is 1. The average Bonchev–Trinajstić information content (AvgIpc) is 2.61. The Morgan fingerprint density at radius 3 is 2.28 bits per heavy atom. The smallest absolute Gasteiger partial charge is 0.262 e. The molecule has 2 rings (SSSR count). The van der Waals surface area contributed by atoms with E-state index in [0.717, 1.165) is 16.9 Å². The minimum Gasteiger partial charge on any atom is -0.491 e. The molecule has 1 N–H and O–H groups in total. The van der Waals surface area contributed by atoms with Crippen molar-refractivity contribution >= 4 is 12.0 Å². The van der Waals surface area contributed by atoms with Crippen molar-refractivity contribution in [2.45, 2.75) is 32.9 Å². The molecule has 0 unspecified atom stereocenters. The van der Waals surface area contributed by atoms with Gasteiger partial charge in [0.1, 0.15) is 17.4 Å². The Morgan fingerprint density at radius 2 is 1.72 bits per heavy atom. The van der Waals surface area contributed by atoms with Gasteiger partial charge in [0, 0.05) is 0 Å². The number of hydrogen-bond acceptors (Lipinski definition) is 3. The summed E-state index contributed by atoms with van der Waals surface area (Å²) in [5.74, 6) is 0.370. The molecule has 4 heteroatoms. The molecule has 4 nitrogen and oxygen atoms in total. The Bertz CT molecular complexity index is 772. The van der Waals surface area contributed by atoms with E-state index in [1.165, 1.54) is 0 Å². The molecule has 0 bridgehead atoms. The highest BCUT2D eigenvalue weighted by Crippen LogP contribution is 2.17. The molecule has 0 saturated heterocycles. The van der Waals surface area contributed by atoms with Gasteiger partial charge in [-0.3, -0.25) is 4.79 Å². The Balaban J connectivity index is 2.09. The van der Waals surface area contributed by atoms with Crippen molar-refractivity contribution in [2.75, 3.05) is 0 Å². The van der Waals surface area contributed by atoms with Crippen LogP contribution >= 0.6 is 0 Å². The molecule has 128 valence electrons. The summed E-state index contributed by atoms with van der Waals surface area (Å²) in [6.45, 7) is 5.81. The van der Waals surface area contributed by atoms with Crippen molar-refractivity contribution in [2.24, 2.45) is 0 Å². The molecule has 0 spiro atoms. The molecule has 0 aliphatic heterocycles. The highest BCUT2D eigenvalue weighted by molar-refractivity contribution is 6.01. The number of nitriles is 1. The predicted molar refractivity (Wildman–Crippen MR) is 98.8 cm³/mol. The van der Waals surface area contributed by atoms with Crippen LogP contribution in [-0.4, -0.2) is 12.0 Å². The fraction of sp³-hybridized carbons (Fsp3) is 0.238. The maximum Gasteiger partial charge on any atom is 0.262 e. The molecule has 25 heavy (non-hydrogen) atoms. The van der Waals surface area contributed by atoms with Gasteiger partial charge in [0.25, 0.3) is 5.91 Å². The molecule has 0 heterocycles. The standard InChI is InChI=1S/C21H22N2O2/c1-15(2)25-20-11-9-17(10-12-20)13-19(14-22)21(24)23-16(3)18-7-5-4-6-8-18/h4-13,15-16H,1-3H3,(H,23,24)/b19-13+/t16-/m1/s1. The molecule has 2 aromatic carbocycles. The van der Waals surface area contributed by atoms with Crippen LogP contribution in [0.5, 0.6) is 5.75 Å². The number of carbonyl (C=O) groups is 1. The van der Waals surface area contributed by atoms with Gasteiger partial charge in [-0.2, -0.15) is 5.26 Å². The number of benzene rings is 2. The fourth-order valence-electron chi connectivity index (χ4n) is 2.33. The van der Waals surface area contributed by atoms with Crippen molar-refractivity contribution in [3.63, 3.8) is 0 Å². The zero-order chi connectivity index (χ0) is 18.2. The summed E-state index contributed by atoms with van der Waals surface area (Å²) in [7, 11) is 0. The molecule has 0 aromatic heterocycles. The number of amides is 1. The van der Waals surface area contributed by atoms with E-state index < -0.39 is 0 Å². The predicted octanol–water partition coefficient (Wildman–Crippen LogP) is 4.26. The molecule has 0 radical (unpaired) electrons. The van der Waals surface area contributed by atoms with Crippen LogP contribution < -0.4 is 10.1 Å². The van der Waals surface area contributed by atoms with E-state index in [1.54, 1.807) is 6.08 Å². The lowest BCUT2D eigenvalue weighted by atomic mass is 10.1. The molecular formula is C21H22N2O2. The molecule has 0 aliphatic carbocycles. The Kier molecular flexibility index (Phi) is 6.36. The number of rotatable bonds is 6. The van der Waals surface area contributed by atoms with Gasteiger partial charge in [0.05, 0.1) is 12.1 Å². The second-order valence-corrected chi connectivity index (χ2v) is 6.01. The van der Waals surface area contributed by atoms with Crippen molar-refractivity contribution in [3.8, 4) is 11.8 Å². The second-order valence-electron chi connectivity index (χ2n) is 6.01. The van der Waals surface area contributed by atoms with Gasteiger partial charge in [-0.05, 0) is 50.1 Å². The van der Waals surface area contributed by atoms with Gasteiger partial charge in [-0.25, -0.2) is 0 Å². The normalized spacial score (nSPS) is 12.4. The first-order valence-corrected chi connectivity index (χ1v) is 8.24. The van der Waals surface area contributed by atoms with Crippen molar-refractivity contribution in [3.05, 3.63) is 71.3 Å². The quantitative estimate of drug-likeness (QED) is 0.634. The van der Waals surface area contributed by atoms with Crippen molar-refractivity contribution < 1.29 is 9.53 Å². The third kappa shape index (κ3) is 5.50. The second kappa shape index (κ2) is 8.70. The van der Waals surface area contributed by atoms with Gasteiger partial charge in [-0.15, -0.1) is 0 Å². The third-order valence-electron chi connectivity index (χ3n) is 3.58. The van der Waals surface area contributed by atoms with Crippen LogP contribution in [-0.2, 0) is 4.79 Å². The summed E-state index contributed by atoms with van der Waals surface area (Å²) in [5.41, 5.74) is 1.83. The molecule has 2 aromatic rings. The van der Waals surface area contributed by atoms with Crippen LogP contribution in [0.15, 0.2) is 60.2 Å². The molecule has 0 saturated carbocycles. The number of ether oxygens (including phenoxy) is 1. The third-order valence-corrected chi connectivity index (χ3v) is 3.58. The first-order chi connectivity index (χ1) is 12.0. The summed E-state index contributed by atoms with van der Waals surface area (Å²) < 4.78 is 5.58. The van der Waals surface area contributed by atoms with Crippen LogP contribution in [0.1, 0.15) is 37.9 Å². The SMILES string of the molecule is CC(C)Oc1ccc(/C=C(\C#N)C(=O)N[C@H](C)c2ccccc2)cc1. The van der Waals surface area contributed by atoms with E-state index >= 15 is 0 Å². The summed E-state index contributed by atoms with van der Waals surface area (Å²) in [6.07, 6.45) is 1.67. The minimum absolute atomic E-state index is 0.0697. The maximum absolute atomic E-state index is 12.3. The lowest BCUT2D eigenvalue weighted by molar-refractivity contribution is -0.117. The lowest BCUT2D eigenvalue weighted by Gasteiger charge is -2.13. The molecule has 0 fully saturated rings. The molecule has 1 amide bonds. The average molecular weight is 334 g/mol. The van der Waals surface area contributed by atoms with Crippen molar-refractivity contribution in [1.82, 2.24) is 5.32 Å². The Hall–Kier alpha value is -3.06. The minimum atomic E-state index is -0.388. The van der Waals surface area contributed by atoms with Gasteiger partial charge >= 0.3 is 0 Å². The van der Waals surface area contributed by atoms with Crippen LogP contribution in [0.4, 0.5) is 0 Å². The van der Waals surface area contributed by atoms with E-state index in [1.807, 2.05) is 81.4 Å². The van der Waals surface area contributed by atoms with Crippen LogP contribution in [0.3, 0.4) is 0 Å². The van der Waals surface area contributed by atoms with Crippen LogP contribution in [0.2, 0.25) is 0 Å². The summed E-state index contributed by atoms with van der Waals surface area (Å²) in [4.78, 5) is 12.3. The Labute approximate surface area is 148 Å². The molecule has 0 aliphatic rings. The topological polar surface area (TPSA) is 62.1 Å². The van der Waals surface area contributed by atoms with E-state index in [9.17, 15) is 10.1 Å². The molecular weight excluding hydrogens is 312 g/mol. The van der Waals surface area contributed by atoms with Gasteiger partial charge in [0.2, 0.25) is 0 Å². The maximum atomic E-state index is 12.3. The Morgan fingerprint density at radius 1 is 1.08 bits per heavy atom. The fourth-order valence-corrected chi connectivity index (χ4v) is 2.33. The summed E-state index contributed by atoms with van der Waals surface area (Å²) >= 11 is 0. The zero-order valence-electron chi connectivity index (χ0n) is 14.7. The van der Waals surface area contributed by atoms with E-state index in [-0.39, 0.29) is 23.6 Å². The molecule has 1 atom stereocenters. The highest BCUT2D eigenvalue weighted by Gasteiger charge is 2.13. The lowest BCUT2D eigenvalue weighted by Crippen LogP contribution is -2.27. The van der Waals surface area contributed by atoms with Gasteiger partial charge in [-0.1, -0.05) is 42.5 Å². The monoisotopic (exact) mass is 334 g/mol. The van der Waals surface area contributed by atoms with E-state index in [4.69, 9.17) is 4.74 Å². The summed E-state index contributed by atoms with van der Waals surface area (Å²) in [5, 5.41) is 12.2.